The van der Waals surface area contributed by atoms with Crippen LogP contribution in [0.2, 0.25) is 0 Å². The number of nitrogens with zero attached hydrogens (tertiary/aromatic N) is 2. The molecule has 0 aromatic carbocycles. The van der Waals surface area contributed by atoms with E-state index in [-0.39, 0.29) is 0 Å². The Morgan fingerprint density at radius 1 is 1.67 bits per heavy atom. The molecule has 46 valence electrons. The van der Waals surface area contributed by atoms with Crippen LogP contribution in [0.15, 0.2) is 29.4 Å². The van der Waals surface area contributed by atoms with Gasteiger partial charge < -0.3 is 9.64 Å². The highest BCUT2D eigenvalue weighted by Crippen LogP contribution is 2.12. The van der Waals surface area contributed by atoms with Crippen LogP contribution in [0.1, 0.15) is 0 Å². The molecule has 2 rings (SSSR count). The molecule has 3 heteroatoms. The molecule has 0 N–H and O–H groups in total. The third kappa shape index (κ3) is 0.614. The lowest BCUT2D eigenvalue weighted by Crippen LogP contribution is -2.13. The van der Waals surface area contributed by atoms with Gasteiger partial charge in [-0.2, -0.15) is 0 Å². The number of ether oxygens (including phenoxy) is 1. The zero-order valence-electron chi connectivity index (χ0n) is 4.82. The van der Waals surface area contributed by atoms with Crippen molar-refractivity contribution in [3.63, 3.8) is 0 Å². The summed E-state index contributed by atoms with van der Waals surface area (Å²) in [5.74, 6) is 0. The SMILES string of the molecule is C1=CN2CN=CC2=CO1. The summed E-state index contributed by atoms with van der Waals surface area (Å²) in [6.07, 6.45) is 6.97. The first-order valence-corrected chi connectivity index (χ1v) is 2.75. The van der Waals surface area contributed by atoms with Gasteiger partial charge in [-0.1, -0.05) is 0 Å². The smallest absolute Gasteiger partial charge is 0.115 e. The zero-order chi connectivity index (χ0) is 6.10. The van der Waals surface area contributed by atoms with Crippen LogP contribution in [0, 0.1) is 0 Å². The summed E-state index contributed by atoms with van der Waals surface area (Å²) in [7, 11) is 0. The molecule has 0 amide bonds. The molecule has 0 radical (unpaired) electrons. The van der Waals surface area contributed by atoms with Gasteiger partial charge in [0.05, 0.1) is 11.9 Å². The largest absolute Gasteiger partial charge is 0.469 e. The molecule has 2 heterocycles. The van der Waals surface area contributed by atoms with Crippen molar-refractivity contribution in [3.05, 3.63) is 24.4 Å². The summed E-state index contributed by atoms with van der Waals surface area (Å²) >= 11 is 0. The molecular weight excluding hydrogens is 116 g/mol. The van der Waals surface area contributed by atoms with Gasteiger partial charge in [0.15, 0.2) is 0 Å². The van der Waals surface area contributed by atoms with Crippen LogP contribution in [0.5, 0.6) is 0 Å². The second-order valence-corrected chi connectivity index (χ2v) is 1.89. The summed E-state index contributed by atoms with van der Waals surface area (Å²) in [6, 6.07) is 0. The van der Waals surface area contributed by atoms with Gasteiger partial charge >= 0.3 is 0 Å². The minimum atomic E-state index is 0.728. The van der Waals surface area contributed by atoms with Crippen LogP contribution < -0.4 is 0 Å². The van der Waals surface area contributed by atoms with Gasteiger partial charge in [-0.15, -0.1) is 0 Å². The molecule has 0 saturated carbocycles. The van der Waals surface area contributed by atoms with Crippen LogP contribution in [0.25, 0.3) is 0 Å². The topological polar surface area (TPSA) is 24.8 Å². The van der Waals surface area contributed by atoms with Crippen LogP contribution in [0.3, 0.4) is 0 Å². The highest BCUT2D eigenvalue weighted by molar-refractivity contribution is 5.79. The quantitative estimate of drug-likeness (QED) is 0.471. The van der Waals surface area contributed by atoms with Gasteiger partial charge in [-0.25, -0.2) is 0 Å². The number of rotatable bonds is 0. The fraction of sp³-hybridized carbons (Fsp3) is 0.167. The lowest BCUT2D eigenvalue weighted by atomic mass is 10.5. The van der Waals surface area contributed by atoms with Gasteiger partial charge in [0.2, 0.25) is 0 Å². The first-order valence-electron chi connectivity index (χ1n) is 2.75. The lowest BCUT2D eigenvalue weighted by Gasteiger charge is -2.14. The molecule has 0 bridgehead atoms. The Balaban J connectivity index is 2.29. The van der Waals surface area contributed by atoms with Gasteiger partial charge in [-0.05, 0) is 0 Å². The van der Waals surface area contributed by atoms with Crippen molar-refractivity contribution in [2.45, 2.75) is 0 Å². The van der Waals surface area contributed by atoms with E-state index >= 15 is 0 Å². The van der Waals surface area contributed by atoms with Crippen molar-refractivity contribution >= 4 is 6.21 Å². The van der Waals surface area contributed by atoms with Crippen molar-refractivity contribution < 1.29 is 4.74 Å². The fourth-order valence-corrected chi connectivity index (χ4v) is 0.827. The van der Waals surface area contributed by atoms with Crippen molar-refractivity contribution in [2.75, 3.05) is 6.67 Å². The summed E-state index contributed by atoms with van der Waals surface area (Å²) in [6.45, 7) is 0.728. The molecule has 0 aliphatic carbocycles. The van der Waals surface area contributed by atoms with E-state index in [1.54, 1.807) is 18.7 Å². The molecule has 0 unspecified atom stereocenters. The minimum Gasteiger partial charge on any atom is -0.469 e. The third-order valence-electron chi connectivity index (χ3n) is 1.30. The maximum absolute atomic E-state index is 4.91. The molecule has 0 atom stereocenters. The van der Waals surface area contributed by atoms with Gasteiger partial charge in [-0.3, -0.25) is 4.99 Å². The predicted molar refractivity (Wildman–Crippen MR) is 33.5 cm³/mol. The second-order valence-electron chi connectivity index (χ2n) is 1.89. The Morgan fingerprint density at radius 2 is 2.67 bits per heavy atom. The molecule has 0 saturated heterocycles. The van der Waals surface area contributed by atoms with Gasteiger partial charge in [0.1, 0.15) is 19.2 Å². The second kappa shape index (κ2) is 1.62. The summed E-state index contributed by atoms with van der Waals surface area (Å²) in [4.78, 5) is 6.03. The Labute approximate surface area is 52.9 Å². The van der Waals surface area contributed by atoms with E-state index in [9.17, 15) is 0 Å². The number of aliphatic imine (C=N–C) groups is 1. The van der Waals surface area contributed by atoms with Crippen LogP contribution in [-0.4, -0.2) is 17.8 Å². The molecular formula is C6H6N2O. The highest BCUT2D eigenvalue weighted by atomic mass is 16.5. The van der Waals surface area contributed by atoms with E-state index in [0.29, 0.717) is 0 Å². The molecule has 0 aromatic rings. The normalized spacial score (nSPS) is 21.3. The third-order valence-corrected chi connectivity index (χ3v) is 1.30. The molecule has 0 aromatic heterocycles. The molecule has 0 fully saturated rings. The van der Waals surface area contributed by atoms with Crippen LogP contribution in [-0.2, 0) is 4.74 Å². The number of allylic oxidation sites excluding steroid dienone is 1. The lowest BCUT2D eigenvalue weighted by molar-refractivity contribution is 0.345. The maximum Gasteiger partial charge on any atom is 0.115 e. The average Bonchev–Trinajstić information content (AvgIpc) is 2.33. The Morgan fingerprint density at radius 3 is 3.56 bits per heavy atom. The van der Waals surface area contributed by atoms with Crippen molar-refractivity contribution in [1.29, 1.82) is 0 Å². The maximum atomic E-state index is 4.91. The standard InChI is InChI=1S/C6H6N2O/c1-2-9-4-6-3-7-5-8(1)6/h1-4H,5H2. The van der Waals surface area contributed by atoms with E-state index in [1.807, 2.05) is 11.1 Å². The Bertz CT molecular complexity index is 205. The van der Waals surface area contributed by atoms with E-state index < -0.39 is 0 Å². The van der Waals surface area contributed by atoms with Gasteiger partial charge in [0.25, 0.3) is 0 Å². The molecule has 3 nitrogen and oxygen atoms in total. The summed E-state index contributed by atoms with van der Waals surface area (Å²) in [5, 5.41) is 0. The number of hydrogen-bond donors (Lipinski definition) is 0. The van der Waals surface area contributed by atoms with Crippen molar-refractivity contribution in [2.24, 2.45) is 4.99 Å². The molecule has 0 spiro atoms. The fourth-order valence-electron chi connectivity index (χ4n) is 0.827. The minimum absolute atomic E-state index is 0.728. The number of fused-ring (bicyclic) bond motifs is 1. The monoisotopic (exact) mass is 122 g/mol. The van der Waals surface area contributed by atoms with E-state index in [1.165, 1.54) is 0 Å². The zero-order valence-corrected chi connectivity index (χ0v) is 4.82. The molecule has 9 heavy (non-hydrogen) atoms. The Kier molecular flexibility index (Phi) is 0.828. The predicted octanol–water partition coefficient (Wildman–Crippen LogP) is 0.673. The summed E-state index contributed by atoms with van der Waals surface area (Å²) in [5.41, 5.74) is 1.03. The van der Waals surface area contributed by atoms with Crippen LogP contribution in [0.4, 0.5) is 0 Å². The number of hydrogen-bond acceptors (Lipinski definition) is 3. The average molecular weight is 122 g/mol. The highest BCUT2D eigenvalue weighted by Gasteiger charge is 2.11. The van der Waals surface area contributed by atoms with Gasteiger partial charge in [0, 0.05) is 6.20 Å². The first-order chi connectivity index (χ1) is 4.47. The van der Waals surface area contributed by atoms with E-state index in [4.69, 9.17) is 4.74 Å². The van der Waals surface area contributed by atoms with E-state index in [2.05, 4.69) is 4.99 Å². The van der Waals surface area contributed by atoms with Crippen molar-refractivity contribution in [3.8, 4) is 0 Å². The molecule has 2 aliphatic rings. The van der Waals surface area contributed by atoms with E-state index in [0.717, 1.165) is 12.4 Å². The van der Waals surface area contributed by atoms with Crippen LogP contribution >= 0.6 is 0 Å². The Hall–Kier alpha value is -1.25. The molecule has 2 aliphatic heterocycles. The summed E-state index contributed by atoms with van der Waals surface area (Å²) < 4.78 is 4.91. The van der Waals surface area contributed by atoms with Crippen molar-refractivity contribution in [1.82, 2.24) is 4.90 Å². The first kappa shape index (κ1) is 4.61.